The number of pyridine rings is 1. The molecule has 7 nitrogen and oxygen atoms in total. The second-order valence-corrected chi connectivity index (χ2v) is 7.42. The van der Waals surface area contributed by atoms with E-state index in [1.165, 1.54) is 12.1 Å². The molecule has 0 aliphatic heterocycles. The van der Waals surface area contributed by atoms with E-state index in [9.17, 15) is 4.39 Å². The van der Waals surface area contributed by atoms with Gasteiger partial charge in [-0.15, -0.1) is 5.10 Å². The number of nitrogens with zero attached hydrogens (tertiary/aromatic N) is 5. The zero-order valence-corrected chi connectivity index (χ0v) is 17.3. The van der Waals surface area contributed by atoms with E-state index in [-0.39, 0.29) is 5.82 Å². The number of nitrogens with two attached hydrogens (primary N) is 1. The predicted octanol–water partition coefficient (Wildman–Crippen LogP) is 4.52. The van der Waals surface area contributed by atoms with Crippen LogP contribution in [-0.2, 0) is 6.54 Å². The van der Waals surface area contributed by atoms with Gasteiger partial charge in [0.05, 0.1) is 29.0 Å². The van der Waals surface area contributed by atoms with Crippen molar-refractivity contribution in [2.45, 2.75) is 13.5 Å². The van der Waals surface area contributed by atoms with Gasteiger partial charge in [0.25, 0.3) is 0 Å². The lowest BCUT2D eigenvalue weighted by molar-refractivity contribution is 0.628. The number of benzene rings is 2. The number of fused-ring (bicyclic) bond motifs is 1. The molecule has 3 heterocycles. The number of hydrogen-bond donors (Lipinski definition) is 2. The number of aromatic nitrogens is 5. The standard InChI is InChI=1S/C24H20FN7/c1-15-6-4-10-19(12-15)32-22(26)20-21(16-7-5-8-17(25)13-16)29-24(30-23(20)31-32)28-14-18-9-2-3-11-27-18/h2-13H,14,26H2,1H3,(H,28,30,31). The molecule has 32 heavy (non-hydrogen) atoms. The van der Waals surface area contributed by atoms with Crippen molar-refractivity contribution in [3.63, 3.8) is 0 Å². The Bertz CT molecular complexity index is 1410. The van der Waals surface area contributed by atoms with Crippen molar-refractivity contribution in [2.75, 3.05) is 11.1 Å². The summed E-state index contributed by atoms with van der Waals surface area (Å²) in [4.78, 5) is 13.5. The summed E-state index contributed by atoms with van der Waals surface area (Å²) in [6, 6.07) is 19.8. The molecule has 2 aromatic carbocycles. The lowest BCUT2D eigenvalue weighted by atomic mass is 10.1. The van der Waals surface area contributed by atoms with Crippen LogP contribution in [0.25, 0.3) is 28.0 Å². The van der Waals surface area contributed by atoms with Crippen LogP contribution >= 0.6 is 0 Å². The summed E-state index contributed by atoms with van der Waals surface area (Å²) >= 11 is 0. The van der Waals surface area contributed by atoms with Gasteiger partial charge in [-0.2, -0.15) is 4.98 Å². The summed E-state index contributed by atoms with van der Waals surface area (Å²) in [6.45, 7) is 2.43. The van der Waals surface area contributed by atoms with Crippen LogP contribution < -0.4 is 11.1 Å². The molecule has 5 aromatic rings. The van der Waals surface area contributed by atoms with Crippen LogP contribution in [0.15, 0.2) is 72.9 Å². The molecular formula is C24H20FN7. The van der Waals surface area contributed by atoms with E-state index in [4.69, 9.17) is 5.73 Å². The normalized spacial score (nSPS) is 11.1. The molecule has 3 N–H and O–H groups in total. The zero-order valence-electron chi connectivity index (χ0n) is 17.3. The van der Waals surface area contributed by atoms with Crippen LogP contribution in [-0.4, -0.2) is 24.7 Å². The van der Waals surface area contributed by atoms with Gasteiger partial charge in [-0.05, 0) is 48.9 Å². The van der Waals surface area contributed by atoms with E-state index in [0.717, 1.165) is 16.9 Å². The van der Waals surface area contributed by atoms with Crippen LogP contribution in [0.2, 0.25) is 0 Å². The van der Waals surface area contributed by atoms with Gasteiger partial charge in [-0.3, -0.25) is 4.98 Å². The first-order valence-corrected chi connectivity index (χ1v) is 10.1. The van der Waals surface area contributed by atoms with Crippen LogP contribution in [0.4, 0.5) is 16.2 Å². The molecule has 8 heteroatoms. The van der Waals surface area contributed by atoms with Gasteiger partial charge in [-0.25, -0.2) is 14.1 Å². The van der Waals surface area contributed by atoms with Gasteiger partial charge in [0, 0.05) is 11.8 Å². The highest BCUT2D eigenvalue weighted by Crippen LogP contribution is 2.33. The third-order valence-electron chi connectivity index (χ3n) is 5.07. The highest BCUT2D eigenvalue weighted by atomic mass is 19.1. The molecule has 0 saturated carbocycles. The minimum Gasteiger partial charge on any atom is -0.383 e. The third kappa shape index (κ3) is 3.74. The average Bonchev–Trinajstić information content (AvgIpc) is 3.14. The van der Waals surface area contributed by atoms with Crippen molar-refractivity contribution in [3.8, 4) is 16.9 Å². The summed E-state index contributed by atoms with van der Waals surface area (Å²) in [5, 5.41) is 8.40. The van der Waals surface area contributed by atoms with Gasteiger partial charge < -0.3 is 11.1 Å². The maximum atomic E-state index is 14.0. The summed E-state index contributed by atoms with van der Waals surface area (Å²) in [7, 11) is 0. The fourth-order valence-corrected chi connectivity index (χ4v) is 3.56. The number of nitrogens with one attached hydrogen (secondary N) is 1. The Morgan fingerprint density at radius 3 is 2.66 bits per heavy atom. The lowest BCUT2D eigenvalue weighted by Crippen LogP contribution is -2.06. The average molecular weight is 425 g/mol. The summed E-state index contributed by atoms with van der Waals surface area (Å²) in [5.74, 6) is 0.388. The molecule has 0 fully saturated rings. The first-order valence-electron chi connectivity index (χ1n) is 10.1. The number of nitrogen functional groups attached to an aromatic ring is 1. The number of halogens is 1. The quantitative estimate of drug-likeness (QED) is 0.430. The molecule has 0 amide bonds. The number of anilines is 2. The van der Waals surface area contributed by atoms with Gasteiger partial charge in [-0.1, -0.05) is 30.3 Å². The van der Waals surface area contributed by atoms with E-state index >= 15 is 0 Å². The van der Waals surface area contributed by atoms with Crippen molar-refractivity contribution in [3.05, 3.63) is 90.0 Å². The first kappa shape index (κ1) is 19.6. The minimum absolute atomic E-state index is 0.358. The zero-order chi connectivity index (χ0) is 22.1. The van der Waals surface area contributed by atoms with Crippen LogP contribution in [0.1, 0.15) is 11.3 Å². The topological polar surface area (TPSA) is 94.5 Å². The lowest BCUT2D eigenvalue weighted by Gasteiger charge is -2.09. The third-order valence-corrected chi connectivity index (χ3v) is 5.07. The SMILES string of the molecule is Cc1cccc(-n2nc3nc(NCc4ccccn4)nc(-c4cccc(F)c4)c3c2N)c1. The Morgan fingerprint density at radius 2 is 1.88 bits per heavy atom. The Hall–Kier alpha value is -4.33. The Balaban J connectivity index is 1.66. The highest BCUT2D eigenvalue weighted by molar-refractivity contribution is 5.99. The van der Waals surface area contributed by atoms with E-state index < -0.39 is 0 Å². The maximum absolute atomic E-state index is 14.0. The van der Waals surface area contributed by atoms with E-state index in [1.807, 2.05) is 49.4 Å². The van der Waals surface area contributed by atoms with Crippen LogP contribution in [0.5, 0.6) is 0 Å². The second kappa shape index (κ2) is 8.07. The van der Waals surface area contributed by atoms with Gasteiger partial charge in [0.2, 0.25) is 5.95 Å². The Morgan fingerprint density at radius 1 is 1.00 bits per heavy atom. The number of hydrogen-bond acceptors (Lipinski definition) is 6. The van der Waals surface area contributed by atoms with Crippen molar-refractivity contribution >= 4 is 22.8 Å². The van der Waals surface area contributed by atoms with Gasteiger partial charge in [0.15, 0.2) is 5.65 Å². The fourth-order valence-electron chi connectivity index (χ4n) is 3.56. The fraction of sp³-hybridized carbons (Fsp3) is 0.0833. The Kier molecular flexibility index (Phi) is 4.95. The summed E-state index contributed by atoms with van der Waals surface area (Å²) in [6.07, 6.45) is 1.73. The highest BCUT2D eigenvalue weighted by Gasteiger charge is 2.19. The molecule has 0 unspecified atom stereocenters. The van der Waals surface area contributed by atoms with E-state index in [1.54, 1.807) is 23.0 Å². The molecule has 0 atom stereocenters. The molecule has 0 spiro atoms. The van der Waals surface area contributed by atoms with Crippen LogP contribution in [0, 0.1) is 12.7 Å². The molecule has 0 radical (unpaired) electrons. The largest absolute Gasteiger partial charge is 0.383 e. The summed E-state index contributed by atoms with van der Waals surface area (Å²) in [5.41, 5.74) is 10.8. The monoisotopic (exact) mass is 425 g/mol. The smallest absolute Gasteiger partial charge is 0.225 e. The number of aryl methyl sites for hydroxylation is 1. The molecule has 0 aliphatic rings. The minimum atomic E-state index is -0.359. The van der Waals surface area contributed by atoms with E-state index in [2.05, 4.69) is 25.4 Å². The maximum Gasteiger partial charge on any atom is 0.225 e. The molecule has 0 bridgehead atoms. The number of rotatable bonds is 5. The van der Waals surface area contributed by atoms with Gasteiger partial charge in [0.1, 0.15) is 11.6 Å². The molecule has 0 saturated heterocycles. The van der Waals surface area contributed by atoms with Crippen molar-refractivity contribution in [1.29, 1.82) is 0 Å². The van der Waals surface area contributed by atoms with Crippen molar-refractivity contribution < 1.29 is 4.39 Å². The first-order chi connectivity index (χ1) is 15.6. The van der Waals surface area contributed by atoms with Gasteiger partial charge >= 0.3 is 0 Å². The second-order valence-electron chi connectivity index (χ2n) is 7.42. The Labute approximate surface area is 183 Å². The predicted molar refractivity (Wildman–Crippen MR) is 123 cm³/mol. The van der Waals surface area contributed by atoms with E-state index in [0.29, 0.717) is 40.6 Å². The van der Waals surface area contributed by atoms with Crippen LogP contribution in [0.3, 0.4) is 0 Å². The van der Waals surface area contributed by atoms with Crippen molar-refractivity contribution in [1.82, 2.24) is 24.7 Å². The molecule has 158 valence electrons. The van der Waals surface area contributed by atoms with Crippen molar-refractivity contribution in [2.24, 2.45) is 0 Å². The summed E-state index contributed by atoms with van der Waals surface area (Å²) < 4.78 is 15.7. The molecule has 3 aromatic heterocycles. The molecular weight excluding hydrogens is 405 g/mol. The molecule has 0 aliphatic carbocycles. The molecule has 5 rings (SSSR count).